The fourth-order valence-corrected chi connectivity index (χ4v) is 3.36. The number of nitrogens with one attached hydrogen (secondary N) is 2. The van der Waals surface area contributed by atoms with E-state index in [1.165, 1.54) is 0 Å². The van der Waals surface area contributed by atoms with Crippen LogP contribution in [0.15, 0.2) is 47.6 Å². The van der Waals surface area contributed by atoms with Gasteiger partial charge in [0.15, 0.2) is 11.7 Å². The van der Waals surface area contributed by atoms with Crippen molar-refractivity contribution >= 4 is 34.7 Å². The van der Waals surface area contributed by atoms with Crippen molar-refractivity contribution in [1.29, 1.82) is 0 Å². The Balaban J connectivity index is 1.77. The lowest BCUT2D eigenvalue weighted by Crippen LogP contribution is -2.37. The van der Waals surface area contributed by atoms with Crippen LogP contribution in [0.2, 0.25) is 0 Å². The molecule has 0 atom stereocenters. The summed E-state index contributed by atoms with van der Waals surface area (Å²) >= 11 is 5.40. The first kappa shape index (κ1) is 23.3. The Bertz CT molecular complexity index is 1020. The molecular formula is C23H27N3O5S. The number of hydrazone groups is 1. The van der Waals surface area contributed by atoms with Gasteiger partial charge in [-0.2, -0.15) is 5.10 Å². The van der Waals surface area contributed by atoms with E-state index in [-0.39, 0.29) is 6.61 Å². The molecule has 0 amide bonds. The number of para-hydroxylation sites is 2. The highest BCUT2D eigenvalue weighted by Gasteiger charge is 2.31. The highest BCUT2D eigenvalue weighted by molar-refractivity contribution is 7.80. The third-order valence-corrected chi connectivity index (χ3v) is 4.74. The molecule has 2 N–H and O–H groups in total. The lowest BCUT2D eigenvalue weighted by molar-refractivity contribution is -0.145. The molecule has 0 unspecified atom stereocenters. The maximum atomic E-state index is 11.6. The summed E-state index contributed by atoms with van der Waals surface area (Å²) in [5.74, 6) is 1.44. The largest absolute Gasteiger partial charge is 0.495 e. The highest BCUT2D eigenvalue weighted by Crippen LogP contribution is 2.35. The van der Waals surface area contributed by atoms with E-state index in [9.17, 15) is 4.79 Å². The molecule has 0 spiro atoms. The first-order chi connectivity index (χ1) is 15.3. The average molecular weight is 458 g/mol. The minimum Gasteiger partial charge on any atom is -0.495 e. The number of carbonyl (C=O) groups excluding carboxylic acids is 1. The summed E-state index contributed by atoms with van der Waals surface area (Å²) in [5.41, 5.74) is 4.70. The van der Waals surface area contributed by atoms with Crippen LogP contribution in [0.3, 0.4) is 0 Å². The van der Waals surface area contributed by atoms with Crippen molar-refractivity contribution in [3.8, 4) is 17.2 Å². The maximum Gasteiger partial charge on any atom is 0.344 e. The predicted molar refractivity (Wildman–Crippen MR) is 127 cm³/mol. The molecule has 0 saturated carbocycles. The Kier molecular flexibility index (Phi) is 7.53. The minimum atomic E-state index is -0.446. The summed E-state index contributed by atoms with van der Waals surface area (Å²) in [7, 11) is 1.60. The van der Waals surface area contributed by atoms with E-state index in [2.05, 4.69) is 15.8 Å². The molecule has 8 nitrogen and oxygen atoms in total. The maximum absolute atomic E-state index is 11.6. The molecule has 1 heterocycles. The van der Waals surface area contributed by atoms with Crippen molar-refractivity contribution in [2.24, 2.45) is 5.10 Å². The second-order valence-corrected chi connectivity index (χ2v) is 8.02. The SMILES string of the molecule is CCOC(=O)COc1ccc2c(c1)/C(=N\NC(=S)Nc1ccccc1OC)CC(C)(C)O2. The number of thiocarbonyl (C=S) groups is 1. The monoisotopic (exact) mass is 457 g/mol. The van der Waals surface area contributed by atoms with Gasteiger partial charge in [-0.3, -0.25) is 5.43 Å². The van der Waals surface area contributed by atoms with E-state index >= 15 is 0 Å². The van der Waals surface area contributed by atoms with Gasteiger partial charge < -0.3 is 24.3 Å². The van der Waals surface area contributed by atoms with Gasteiger partial charge in [0.2, 0.25) is 0 Å². The van der Waals surface area contributed by atoms with Crippen LogP contribution in [0.5, 0.6) is 17.2 Å². The fraction of sp³-hybridized carbons (Fsp3) is 0.348. The van der Waals surface area contributed by atoms with Gasteiger partial charge >= 0.3 is 5.97 Å². The quantitative estimate of drug-likeness (QED) is 0.368. The van der Waals surface area contributed by atoms with E-state index < -0.39 is 11.6 Å². The fourth-order valence-electron chi connectivity index (χ4n) is 3.21. The van der Waals surface area contributed by atoms with Gasteiger partial charge in [0, 0.05) is 12.0 Å². The van der Waals surface area contributed by atoms with Crippen LogP contribution in [0, 0.1) is 0 Å². The first-order valence-electron chi connectivity index (χ1n) is 10.2. The third-order valence-electron chi connectivity index (χ3n) is 4.55. The number of anilines is 1. The van der Waals surface area contributed by atoms with Gasteiger partial charge in [0.05, 0.1) is 25.1 Å². The van der Waals surface area contributed by atoms with Crippen LogP contribution in [-0.4, -0.2) is 42.7 Å². The number of esters is 1. The summed E-state index contributed by atoms with van der Waals surface area (Å²) in [4.78, 5) is 11.6. The molecule has 2 aromatic rings. The second-order valence-electron chi connectivity index (χ2n) is 7.61. The normalized spacial score (nSPS) is 15.2. The number of benzene rings is 2. The van der Waals surface area contributed by atoms with Crippen LogP contribution in [0.4, 0.5) is 5.69 Å². The molecule has 9 heteroatoms. The zero-order valence-electron chi connectivity index (χ0n) is 18.6. The summed E-state index contributed by atoms with van der Waals surface area (Å²) in [6, 6.07) is 12.8. The number of methoxy groups -OCH3 is 1. The van der Waals surface area contributed by atoms with E-state index in [0.717, 1.165) is 17.0 Å². The standard InChI is InChI=1S/C23H27N3O5S/c1-5-29-21(27)14-30-15-10-11-19-16(12-15)18(13-23(2,3)31-19)25-26-22(32)24-17-8-6-7-9-20(17)28-4/h6-12H,5,13-14H2,1-4H3,(H2,24,26,32)/b25-18-. The molecular weight excluding hydrogens is 430 g/mol. The third kappa shape index (κ3) is 6.10. The van der Waals surface area contributed by atoms with Gasteiger partial charge in [-0.15, -0.1) is 0 Å². The van der Waals surface area contributed by atoms with Crippen LogP contribution in [-0.2, 0) is 9.53 Å². The summed E-state index contributed by atoms with van der Waals surface area (Å²) in [6.45, 7) is 5.86. The Morgan fingerprint density at radius 2 is 2.03 bits per heavy atom. The van der Waals surface area contributed by atoms with E-state index in [0.29, 0.717) is 35.4 Å². The molecule has 1 aliphatic heterocycles. The van der Waals surface area contributed by atoms with Crippen LogP contribution in [0.1, 0.15) is 32.8 Å². The molecule has 2 aromatic carbocycles. The Morgan fingerprint density at radius 3 is 2.78 bits per heavy atom. The Labute approximate surface area is 192 Å². The molecule has 0 bridgehead atoms. The van der Waals surface area contributed by atoms with Gasteiger partial charge in [0.1, 0.15) is 22.8 Å². The average Bonchev–Trinajstić information content (AvgIpc) is 2.76. The zero-order valence-corrected chi connectivity index (χ0v) is 19.4. The molecule has 0 aromatic heterocycles. The van der Waals surface area contributed by atoms with Gasteiger partial charge in [-0.05, 0) is 63.3 Å². The number of hydrogen-bond acceptors (Lipinski definition) is 7. The number of ether oxygens (including phenoxy) is 4. The van der Waals surface area contributed by atoms with E-state index in [1.807, 2.05) is 38.1 Å². The molecule has 0 aliphatic carbocycles. The van der Waals surface area contributed by atoms with Crippen molar-refractivity contribution in [3.05, 3.63) is 48.0 Å². The first-order valence-corrected chi connectivity index (χ1v) is 10.6. The smallest absolute Gasteiger partial charge is 0.344 e. The molecule has 3 rings (SSSR count). The number of carbonyl (C=O) groups is 1. The predicted octanol–water partition coefficient (Wildman–Crippen LogP) is 3.89. The topological polar surface area (TPSA) is 90.4 Å². The molecule has 0 radical (unpaired) electrons. The van der Waals surface area contributed by atoms with Gasteiger partial charge in [0.25, 0.3) is 0 Å². The van der Waals surface area contributed by atoms with E-state index in [4.69, 9.17) is 31.2 Å². The van der Waals surface area contributed by atoms with Crippen molar-refractivity contribution in [2.45, 2.75) is 32.8 Å². The van der Waals surface area contributed by atoms with Crippen LogP contribution in [0.25, 0.3) is 0 Å². The van der Waals surface area contributed by atoms with Gasteiger partial charge in [-0.1, -0.05) is 12.1 Å². The van der Waals surface area contributed by atoms with E-state index in [1.54, 1.807) is 32.2 Å². The molecule has 0 saturated heterocycles. The number of fused-ring (bicyclic) bond motifs is 1. The minimum absolute atomic E-state index is 0.170. The zero-order chi connectivity index (χ0) is 23.1. The molecule has 32 heavy (non-hydrogen) atoms. The van der Waals surface area contributed by atoms with Crippen LogP contribution < -0.4 is 25.0 Å². The Hall–Kier alpha value is -3.33. The van der Waals surface area contributed by atoms with Crippen molar-refractivity contribution in [2.75, 3.05) is 25.6 Å². The Morgan fingerprint density at radius 1 is 1.25 bits per heavy atom. The lowest BCUT2D eigenvalue weighted by Gasteiger charge is -2.33. The molecule has 0 fully saturated rings. The summed E-state index contributed by atoms with van der Waals surface area (Å²) in [5, 5.41) is 7.94. The van der Waals surface area contributed by atoms with Crippen molar-refractivity contribution in [3.63, 3.8) is 0 Å². The summed E-state index contributed by atoms with van der Waals surface area (Å²) < 4.78 is 21.9. The molecule has 170 valence electrons. The van der Waals surface area contributed by atoms with Crippen molar-refractivity contribution < 1.29 is 23.7 Å². The highest BCUT2D eigenvalue weighted by atomic mass is 32.1. The van der Waals surface area contributed by atoms with Crippen molar-refractivity contribution in [1.82, 2.24) is 5.43 Å². The van der Waals surface area contributed by atoms with Crippen LogP contribution >= 0.6 is 12.2 Å². The number of hydrogen-bond donors (Lipinski definition) is 2. The number of rotatable bonds is 7. The summed E-state index contributed by atoms with van der Waals surface area (Å²) in [6.07, 6.45) is 0.547. The van der Waals surface area contributed by atoms with Gasteiger partial charge in [-0.25, -0.2) is 4.79 Å². The molecule has 1 aliphatic rings. The lowest BCUT2D eigenvalue weighted by atomic mass is 9.92. The second kappa shape index (κ2) is 10.3. The number of nitrogens with zero attached hydrogens (tertiary/aromatic N) is 1.